The number of aryl methyl sites for hydroxylation is 1. The molecule has 0 spiro atoms. The maximum absolute atomic E-state index is 13.7. The second-order valence-electron chi connectivity index (χ2n) is 4.20. The monoisotopic (exact) mass is 308 g/mol. The van der Waals surface area contributed by atoms with Gasteiger partial charge in [0.15, 0.2) is 0 Å². The van der Waals surface area contributed by atoms with Crippen molar-refractivity contribution in [3.05, 3.63) is 45.7 Å². The van der Waals surface area contributed by atoms with Crippen molar-refractivity contribution in [3.8, 4) is 0 Å². The molecular weight excluding hydrogens is 295 g/mol. The minimum absolute atomic E-state index is 0.0445. The Bertz CT molecular complexity index is 685. The summed E-state index contributed by atoms with van der Waals surface area (Å²) in [4.78, 5) is 27.3. The molecule has 21 heavy (non-hydrogen) atoms. The van der Waals surface area contributed by atoms with Crippen molar-refractivity contribution in [3.63, 3.8) is 0 Å². The Balaban J connectivity index is 2.12. The highest BCUT2D eigenvalue weighted by Gasteiger charge is 2.17. The van der Waals surface area contributed by atoms with Gasteiger partial charge in [0.1, 0.15) is 11.5 Å². The Labute approximate surface area is 124 Å². The van der Waals surface area contributed by atoms with Crippen LogP contribution in [-0.4, -0.2) is 23.5 Å². The van der Waals surface area contributed by atoms with E-state index >= 15 is 0 Å². The molecule has 0 unspecified atom stereocenters. The quantitative estimate of drug-likeness (QED) is 0.882. The third-order valence-corrected chi connectivity index (χ3v) is 3.38. The van der Waals surface area contributed by atoms with Crippen LogP contribution < -0.4 is 5.32 Å². The molecule has 0 radical (unpaired) electrons. The standard InChI is InChI=1S/C14H13FN2O3S/c1-3-20-14(19)13-17-11(7-21-13)12(18)16-10-5-4-8(2)6-9(10)15/h4-7H,3H2,1-2H3,(H,16,18). The van der Waals surface area contributed by atoms with Crippen LogP contribution in [0.4, 0.5) is 10.1 Å². The van der Waals surface area contributed by atoms with E-state index in [1.54, 1.807) is 19.9 Å². The smallest absolute Gasteiger partial charge is 0.367 e. The normalized spacial score (nSPS) is 10.2. The van der Waals surface area contributed by atoms with Crippen molar-refractivity contribution in [2.75, 3.05) is 11.9 Å². The SMILES string of the molecule is CCOC(=O)c1nc(C(=O)Nc2ccc(C)cc2F)cs1. The molecule has 0 aliphatic heterocycles. The first-order valence-corrected chi connectivity index (χ1v) is 7.09. The van der Waals surface area contributed by atoms with Gasteiger partial charge in [-0.3, -0.25) is 4.79 Å². The van der Waals surface area contributed by atoms with Gasteiger partial charge in [-0.1, -0.05) is 6.07 Å². The highest BCUT2D eigenvalue weighted by atomic mass is 32.1. The number of rotatable bonds is 4. The van der Waals surface area contributed by atoms with Gasteiger partial charge in [-0.05, 0) is 31.5 Å². The van der Waals surface area contributed by atoms with E-state index in [0.717, 1.165) is 16.9 Å². The van der Waals surface area contributed by atoms with E-state index in [0.29, 0.717) is 0 Å². The number of nitrogens with one attached hydrogen (secondary N) is 1. The second kappa shape index (κ2) is 6.45. The fourth-order valence-corrected chi connectivity index (χ4v) is 2.26. The number of aromatic nitrogens is 1. The maximum Gasteiger partial charge on any atom is 0.367 e. The minimum atomic E-state index is -0.580. The van der Waals surface area contributed by atoms with Gasteiger partial charge in [0.25, 0.3) is 5.91 Å². The van der Waals surface area contributed by atoms with E-state index in [9.17, 15) is 14.0 Å². The zero-order chi connectivity index (χ0) is 15.4. The van der Waals surface area contributed by atoms with E-state index in [-0.39, 0.29) is 23.0 Å². The molecule has 1 N–H and O–H groups in total. The Morgan fingerprint density at radius 3 is 2.86 bits per heavy atom. The Morgan fingerprint density at radius 2 is 2.19 bits per heavy atom. The van der Waals surface area contributed by atoms with Crippen LogP contribution in [-0.2, 0) is 4.74 Å². The number of nitrogens with zero attached hydrogens (tertiary/aromatic N) is 1. The summed E-state index contributed by atoms with van der Waals surface area (Å²) in [6.45, 7) is 3.66. The van der Waals surface area contributed by atoms with Crippen molar-refractivity contribution in [1.82, 2.24) is 4.98 Å². The second-order valence-corrected chi connectivity index (χ2v) is 5.05. The zero-order valence-corrected chi connectivity index (χ0v) is 12.3. The first kappa shape index (κ1) is 15.1. The largest absolute Gasteiger partial charge is 0.461 e. The molecule has 0 saturated heterocycles. The number of hydrogen-bond donors (Lipinski definition) is 1. The topological polar surface area (TPSA) is 68.3 Å². The van der Waals surface area contributed by atoms with Gasteiger partial charge in [0.2, 0.25) is 5.01 Å². The summed E-state index contributed by atoms with van der Waals surface area (Å²) in [5, 5.41) is 3.93. The number of carbonyl (C=O) groups excluding carboxylic acids is 2. The van der Waals surface area contributed by atoms with Gasteiger partial charge in [0.05, 0.1) is 12.3 Å². The first-order valence-electron chi connectivity index (χ1n) is 6.21. The van der Waals surface area contributed by atoms with Crippen LogP contribution in [0, 0.1) is 12.7 Å². The van der Waals surface area contributed by atoms with Crippen LogP contribution >= 0.6 is 11.3 Å². The van der Waals surface area contributed by atoms with Crippen molar-refractivity contribution >= 4 is 28.9 Å². The summed E-state index contributed by atoms with van der Waals surface area (Å²) in [6, 6.07) is 4.48. The van der Waals surface area contributed by atoms with Crippen molar-refractivity contribution < 1.29 is 18.7 Å². The van der Waals surface area contributed by atoms with E-state index in [1.807, 2.05) is 0 Å². The number of amides is 1. The summed E-state index contributed by atoms with van der Waals surface area (Å²) >= 11 is 1.00. The van der Waals surface area contributed by atoms with Crippen LogP contribution in [0.2, 0.25) is 0 Å². The summed E-state index contributed by atoms with van der Waals surface area (Å²) in [6.07, 6.45) is 0. The lowest BCUT2D eigenvalue weighted by Gasteiger charge is -2.05. The molecule has 0 atom stereocenters. The van der Waals surface area contributed by atoms with Crippen molar-refractivity contribution in [1.29, 1.82) is 0 Å². The van der Waals surface area contributed by atoms with Gasteiger partial charge in [0, 0.05) is 5.38 Å². The number of anilines is 1. The Kier molecular flexibility index (Phi) is 4.64. The molecule has 0 saturated carbocycles. The predicted molar refractivity (Wildman–Crippen MR) is 77.2 cm³/mol. The third kappa shape index (κ3) is 3.63. The van der Waals surface area contributed by atoms with E-state index in [4.69, 9.17) is 4.74 Å². The molecule has 1 aromatic heterocycles. The maximum atomic E-state index is 13.7. The van der Waals surface area contributed by atoms with E-state index in [1.165, 1.54) is 17.5 Å². The summed E-state index contributed by atoms with van der Waals surface area (Å²) in [5.74, 6) is -1.68. The first-order chi connectivity index (χ1) is 10.0. The molecule has 0 aliphatic rings. The molecule has 0 bridgehead atoms. The lowest BCUT2D eigenvalue weighted by Crippen LogP contribution is -2.14. The highest BCUT2D eigenvalue weighted by molar-refractivity contribution is 7.11. The molecule has 1 heterocycles. The number of esters is 1. The predicted octanol–water partition coefficient (Wildman–Crippen LogP) is 3.02. The zero-order valence-electron chi connectivity index (χ0n) is 11.5. The average molecular weight is 308 g/mol. The van der Waals surface area contributed by atoms with Crippen LogP contribution in [0.1, 0.15) is 32.8 Å². The van der Waals surface area contributed by atoms with Gasteiger partial charge in [-0.15, -0.1) is 11.3 Å². The number of benzene rings is 1. The van der Waals surface area contributed by atoms with Crippen molar-refractivity contribution in [2.45, 2.75) is 13.8 Å². The Hall–Kier alpha value is -2.28. The fourth-order valence-electron chi connectivity index (χ4n) is 1.57. The van der Waals surface area contributed by atoms with Crippen LogP contribution in [0.3, 0.4) is 0 Å². The Morgan fingerprint density at radius 1 is 1.43 bits per heavy atom. The van der Waals surface area contributed by atoms with Crippen LogP contribution in [0.15, 0.2) is 23.6 Å². The van der Waals surface area contributed by atoms with Gasteiger partial charge < -0.3 is 10.1 Å². The molecule has 1 amide bonds. The third-order valence-electron chi connectivity index (χ3n) is 2.56. The average Bonchev–Trinajstić information content (AvgIpc) is 2.92. The molecule has 5 nitrogen and oxygen atoms in total. The van der Waals surface area contributed by atoms with Crippen LogP contribution in [0.25, 0.3) is 0 Å². The summed E-state index contributed by atoms with van der Waals surface area (Å²) in [7, 11) is 0. The molecule has 2 rings (SSSR count). The molecular formula is C14H13FN2O3S. The number of carbonyl (C=O) groups is 2. The highest BCUT2D eigenvalue weighted by Crippen LogP contribution is 2.17. The van der Waals surface area contributed by atoms with Crippen molar-refractivity contribution in [2.24, 2.45) is 0 Å². The number of hydrogen-bond acceptors (Lipinski definition) is 5. The van der Waals surface area contributed by atoms with Crippen LogP contribution in [0.5, 0.6) is 0 Å². The minimum Gasteiger partial charge on any atom is -0.461 e. The molecule has 110 valence electrons. The van der Waals surface area contributed by atoms with Gasteiger partial charge in [-0.2, -0.15) is 0 Å². The molecule has 0 aliphatic carbocycles. The van der Waals surface area contributed by atoms with E-state index in [2.05, 4.69) is 10.3 Å². The molecule has 1 aromatic carbocycles. The molecule has 7 heteroatoms. The molecule has 2 aromatic rings. The summed E-state index contributed by atoms with van der Waals surface area (Å²) < 4.78 is 18.4. The van der Waals surface area contributed by atoms with Gasteiger partial charge in [-0.25, -0.2) is 14.2 Å². The van der Waals surface area contributed by atoms with Gasteiger partial charge >= 0.3 is 5.97 Å². The molecule has 0 fully saturated rings. The number of halogens is 1. The summed E-state index contributed by atoms with van der Waals surface area (Å²) in [5.41, 5.74) is 0.864. The van der Waals surface area contributed by atoms with E-state index < -0.39 is 17.7 Å². The lowest BCUT2D eigenvalue weighted by molar-refractivity contribution is 0.0526. The fraction of sp³-hybridized carbons (Fsp3) is 0.214. The number of thiazole rings is 1. The number of ether oxygens (including phenoxy) is 1. The lowest BCUT2D eigenvalue weighted by atomic mass is 10.2.